The summed E-state index contributed by atoms with van der Waals surface area (Å²) >= 11 is 0. The molecule has 0 rings (SSSR count). The summed E-state index contributed by atoms with van der Waals surface area (Å²) in [6.07, 6.45) is 75.3. The predicted octanol–water partition coefficient (Wildman–Crippen LogP) is 19.9. The minimum atomic E-state index is -4.60. The van der Waals surface area contributed by atoms with E-state index >= 15 is 0 Å². The Morgan fingerprint density at radius 2 is 0.773 bits per heavy atom. The van der Waals surface area contributed by atoms with Crippen LogP contribution in [-0.2, 0) is 18.4 Å². The number of phosphoric acid groups is 1. The zero-order chi connectivity index (χ0) is 54.9. The van der Waals surface area contributed by atoms with Crippen molar-refractivity contribution in [2.45, 2.75) is 341 Å². The Labute approximate surface area is 467 Å². The SMILES string of the molecule is CCCCCCCCCCC/C=C\C/C=C\CCCCCCCCCCCCCCCC(=O)NC(COP(=O)([O-])OCC[N+](C)(C)C)C(O)/C=C/CCCCCCCCCCCCCCCCCCCCCCCC. The lowest BCUT2D eigenvalue weighted by Crippen LogP contribution is -2.45. The molecule has 0 aromatic rings. The number of hydrogen-bond donors (Lipinski definition) is 2. The molecule has 8 nitrogen and oxygen atoms in total. The second-order valence-electron chi connectivity index (χ2n) is 23.8. The van der Waals surface area contributed by atoms with Crippen molar-refractivity contribution in [1.82, 2.24) is 5.32 Å². The number of carbonyl (C=O) groups is 1. The first-order valence-corrected chi connectivity index (χ1v) is 34.3. The number of carbonyl (C=O) groups excluding carboxylic acids is 1. The quantitative estimate of drug-likeness (QED) is 0.0272. The van der Waals surface area contributed by atoms with E-state index in [1.807, 2.05) is 27.2 Å². The largest absolute Gasteiger partial charge is 0.756 e. The molecule has 0 aliphatic carbocycles. The highest BCUT2D eigenvalue weighted by molar-refractivity contribution is 7.45. The normalized spacial score (nSPS) is 14.0. The third kappa shape index (κ3) is 60.2. The van der Waals surface area contributed by atoms with Crippen LogP contribution in [0.25, 0.3) is 0 Å². The average molecular weight is 1080 g/mol. The summed E-state index contributed by atoms with van der Waals surface area (Å²) in [5.74, 6) is -0.193. The molecule has 0 saturated heterocycles. The van der Waals surface area contributed by atoms with Crippen molar-refractivity contribution in [3.8, 4) is 0 Å². The van der Waals surface area contributed by atoms with Gasteiger partial charge in [-0.05, 0) is 51.4 Å². The van der Waals surface area contributed by atoms with Gasteiger partial charge in [0.25, 0.3) is 7.82 Å². The van der Waals surface area contributed by atoms with E-state index in [1.165, 1.54) is 263 Å². The maximum atomic E-state index is 13.0. The van der Waals surface area contributed by atoms with Crippen molar-refractivity contribution in [3.05, 3.63) is 36.5 Å². The maximum Gasteiger partial charge on any atom is 0.268 e. The molecule has 444 valence electrons. The Balaban J connectivity index is 4.11. The van der Waals surface area contributed by atoms with Gasteiger partial charge in [-0.3, -0.25) is 9.36 Å². The number of rotatable bonds is 61. The molecule has 0 aliphatic heterocycles. The molecule has 0 fully saturated rings. The van der Waals surface area contributed by atoms with E-state index in [0.29, 0.717) is 17.4 Å². The first-order chi connectivity index (χ1) is 36.5. The van der Waals surface area contributed by atoms with Crippen LogP contribution in [0.1, 0.15) is 328 Å². The minimum Gasteiger partial charge on any atom is -0.756 e. The van der Waals surface area contributed by atoms with Crippen LogP contribution in [-0.4, -0.2) is 68.5 Å². The van der Waals surface area contributed by atoms with Crippen LogP contribution in [0, 0.1) is 0 Å². The molecule has 0 aliphatic rings. The van der Waals surface area contributed by atoms with Crippen LogP contribution in [0.5, 0.6) is 0 Å². The number of allylic oxidation sites excluding steroid dienone is 5. The third-order valence-electron chi connectivity index (χ3n) is 15.1. The molecule has 1 amide bonds. The second kappa shape index (κ2) is 57.4. The highest BCUT2D eigenvalue weighted by Crippen LogP contribution is 2.38. The summed E-state index contributed by atoms with van der Waals surface area (Å²) in [7, 11) is 1.27. The van der Waals surface area contributed by atoms with E-state index in [0.717, 1.165) is 44.9 Å². The van der Waals surface area contributed by atoms with E-state index in [1.54, 1.807) is 6.08 Å². The minimum absolute atomic E-state index is 0.0000495. The van der Waals surface area contributed by atoms with Gasteiger partial charge in [-0.15, -0.1) is 0 Å². The van der Waals surface area contributed by atoms with E-state index in [9.17, 15) is 19.4 Å². The highest BCUT2D eigenvalue weighted by atomic mass is 31.2. The van der Waals surface area contributed by atoms with Gasteiger partial charge in [0.2, 0.25) is 5.91 Å². The smallest absolute Gasteiger partial charge is 0.268 e. The molecule has 0 heterocycles. The van der Waals surface area contributed by atoms with Crippen molar-refractivity contribution >= 4 is 13.7 Å². The zero-order valence-corrected chi connectivity index (χ0v) is 51.7. The lowest BCUT2D eigenvalue weighted by molar-refractivity contribution is -0.870. The summed E-state index contributed by atoms with van der Waals surface area (Å²) in [4.78, 5) is 25.6. The molecule has 2 N–H and O–H groups in total. The standard InChI is InChI=1S/C66H129N2O6P/c1-6-8-10-12-14-16-18-20-22-24-26-28-30-32-33-34-35-36-38-40-42-44-46-48-50-52-54-56-58-60-66(70)67-64(63-74-75(71,72)73-62-61-68(3,4)5)65(69)59-57-55-53-51-49-47-45-43-41-39-37-31-29-27-25-23-21-19-17-15-13-11-9-7-2/h26,28,32-33,57,59,64-65,69H,6-25,27,29-31,34-56,58,60-63H2,1-5H3,(H-,67,70,71,72)/b28-26-,33-32-,59-57+. The number of aliphatic hydroxyl groups excluding tert-OH is 1. The van der Waals surface area contributed by atoms with Crippen molar-refractivity contribution in [3.63, 3.8) is 0 Å². The number of likely N-dealkylation sites (N-methyl/N-ethyl adjacent to an activating group) is 1. The van der Waals surface area contributed by atoms with Gasteiger partial charge in [0.05, 0.1) is 39.9 Å². The number of hydrogen-bond acceptors (Lipinski definition) is 6. The zero-order valence-electron chi connectivity index (χ0n) is 50.8. The van der Waals surface area contributed by atoms with Gasteiger partial charge in [-0.1, -0.05) is 307 Å². The number of unbranched alkanes of at least 4 members (excludes halogenated alkanes) is 44. The number of aliphatic hydroxyl groups is 1. The van der Waals surface area contributed by atoms with Gasteiger partial charge < -0.3 is 28.8 Å². The molecule has 3 unspecified atom stereocenters. The van der Waals surface area contributed by atoms with Gasteiger partial charge in [0.15, 0.2) is 0 Å². The number of quaternary nitrogens is 1. The van der Waals surface area contributed by atoms with E-state index < -0.39 is 20.0 Å². The fourth-order valence-electron chi connectivity index (χ4n) is 9.95. The summed E-state index contributed by atoms with van der Waals surface area (Å²) in [6.45, 7) is 4.70. The van der Waals surface area contributed by atoms with E-state index in [4.69, 9.17) is 9.05 Å². The molecule has 75 heavy (non-hydrogen) atoms. The van der Waals surface area contributed by atoms with Crippen molar-refractivity contribution < 1.29 is 32.9 Å². The Morgan fingerprint density at radius 3 is 1.11 bits per heavy atom. The number of phosphoric ester groups is 1. The first-order valence-electron chi connectivity index (χ1n) is 32.9. The molecular weight excluding hydrogens is 948 g/mol. The molecular formula is C66H129N2O6P. The monoisotopic (exact) mass is 1080 g/mol. The third-order valence-corrected chi connectivity index (χ3v) is 16.1. The number of nitrogens with zero attached hydrogens (tertiary/aromatic N) is 1. The first kappa shape index (κ1) is 73.7. The molecule has 0 radical (unpaired) electrons. The Hall–Kier alpha value is -1.28. The van der Waals surface area contributed by atoms with Gasteiger partial charge in [-0.25, -0.2) is 0 Å². The topological polar surface area (TPSA) is 108 Å². The fourth-order valence-corrected chi connectivity index (χ4v) is 10.7. The van der Waals surface area contributed by atoms with E-state index in [2.05, 4.69) is 43.5 Å². The van der Waals surface area contributed by atoms with E-state index in [-0.39, 0.29) is 19.1 Å². The Bertz CT molecular complexity index is 1320. The lowest BCUT2D eigenvalue weighted by atomic mass is 10.0. The highest BCUT2D eigenvalue weighted by Gasteiger charge is 2.23. The average Bonchev–Trinajstić information content (AvgIpc) is 3.37. The lowest BCUT2D eigenvalue weighted by Gasteiger charge is -2.29. The molecule has 0 aromatic heterocycles. The van der Waals surface area contributed by atoms with Crippen LogP contribution in [0.2, 0.25) is 0 Å². The maximum absolute atomic E-state index is 13.0. The Kier molecular flexibility index (Phi) is 56.4. The summed E-state index contributed by atoms with van der Waals surface area (Å²) in [5.41, 5.74) is 0. The van der Waals surface area contributed by atoms with Crippen molar-refractivity contribution in [2.75, 3.05) is 40.9 Å². The van der Waals surface area contributed by atoms with Crippen LogP contribution in [0.3, 0.4) is 0 Å². The number of nitrogens with one attached hydrogen (secondary N) is 1. The Morgan fingerprint density at radius 1 is 0.467 bits per heavy atom. The summed E-state index contributed by atoms with van der Waals surface area (Å²) in [6, 6.07) is -0.888. The molecule has 0 bridgehead atoms. The molecule has 9 heteroatoms. The second-order valence-corrected chi connectivity index (χ2v) is 25.2. The van der Waals surface area contributed by atoms with Gasteiger partial charge in [-0.2, -0.15) is 0 Å². The fraction of sp³-hybridized carbons (Fsp3) is 0.894. The molecule has 0 spiro atoms. The molecule has 3 atom stereocenters. The predicted molar refractivity (Wildman–Crippen MR) is 325 cm³/mol. The van der Waals surface area contributed by atoms with Gasteiger partial charge in [0, 0.05) is 6.42 Å². The van der Waals surface area contributed by atoms with Crippen LogP contribution < -0.4 is 10.2 Å². The molecule has 0 saturated carbocycles. The van der Waals surface area contributed by atoms with Crippen molar-refractivity contribution in [2.24, 2.45) is 0 Å². The van der Waals surface area contributed by atoms with Crippen LogP contribution in [0.4, 0.5) is 0 Å². The number of amides is 1. The van der Waals surface area contributed by atoms with Crippen LogP contribution in [0.15, 0.2) is 36.5 Å². The summed E-state index contributed by atoms with van der Waals surface area (Å²) in [5, 5.41) is 13.9. The summed E-state index contributed by atoms with van der Waals surface area (Å²) < 4.78 is 23.4. The van der Waals surface area contributed by atoms with Crippen molar-refractivity contribution in [1.29, 1.82) is 0 Å². The van der Waals surface area contributed by atoms with Gasteiger partial charge in [0.1, 0.15) is 13.2 Å². The van der Waals surface area contributed by atoms with Crippen LogP contribution >= 0.6 is 7.82 Å². The molecule has 0 aromatic carbocycles. The van der Waals surface area contributed by atoms with Gasteiger partial charge >= 0.3 is 0 Å².